The minimum Gasteiger partial charge on any atom is -0.496 e. The van der Waals surface area contributed by atoms with Crippen molar-refractivity contribution in [3.8, 4) is 5.75 Å². The lowest BCUT2D eigenvalue weighted by Crippen LogP contribution is -2.39. The van der Waals surface area contributed by atoms with Crippen LogP contribution in [0.5, 0.6) is 5.75 Å². The second-order valence-electron chi connectivity index (χ2n) is 8.08. The largest absolute Gasteiger partial charge is 0.496 e. The molecule has 2 aromatic carbocycles. The van der Waals surface area contributed by atoms with E-state index in [1.165, 1.54) is 18.3 Å². The first-order valence-electron chi connectivity index (χ1n) is 10.6. The number of fused-ring (bicyclic) bond motifs is 2. The van der Waals surface area contributed by atoms with Gasteiger partial charge in [0.2, 0.25) is 0 Å². The van der Waals surface area contributed by atoms with Crippen LogP contribution in [0.2, 0.25) is 0 Å². The van der Waals surface area contributed by atoms with Crippen LogP contribution in [-0.4, -0.2) is 22.0 Å². The highest BCUT2D eigenvalue weighted by Crippen LogP contribution is 2.40. The van der Waals surface area contributed by atoms with E-state index in [4.69, 9.17) is 4.74 Å². The van der Waals surface area contributed by atoms with E-state index in [9.17, 15) is 9.59 Å². The quantitative estimate of drug-likeness (QED) is 0.472. The third-order valence-electron chi connectivity index (χ3n) is 6.09. The molecule has 0 bridgehead atoms. The maximum atomic E-state index is 13.7. The summed E-state index contributed by atoms with van der Waals surface area (Å²) >= 11 is 1.33. The number of rotatable bonds is 4. The van der Waals surface area contributed by atoms with E-state index in [1.807, 2.05) is 79.3 Å². The number of thiazole rings is 1. The molecule has 1 aliphatic rings. The van der Waals surface area contributed by atoms with Crippen molar-refractivity contribution in [2.75, 3.05) is 7.11 Å². The summed E-state index contributed by atoms with van der Waals surface area (Å²) in [6.07, 6.45) is 3.80. The molecule has 0 fully saturated rings. The van der Waals surface area contributed by atoms with Crippen LogP contribution in [-0.2, 0) is 11.8 Å². The molecule has 0 radical (unpaired) electrons. The van der Waals surface area contributed by atoms with E-state index >= 15 is 0 Å². The smallest absolute Gasteiger partial charge is 0.271 e. The number of aromatic nitrogens is 2. The van der Waals surface area contributed by atoms with Crippen molar-refractivity contribution >= 4 is 34.0 Å². The van der Waals surface area contributed by atoms with Gasteiger partial charge in [0.05, 0.1) is 17.7 Å². The molecule has 0 saturated heterocycles. The fourth-order valence-electron chi connectivity index (χ4n) is 4.54. The number of benzene rings is 2. The van der Waals surface area contributed by atoms with Gasteiger partial charge in [-0.05, 0) is 48.9 Å². The van der Waals surface area contributed by atoms with Crippen LogP contribution < -0.4 is 19.6 Å². The Kier molecular flexibility index (Phi) is 5.13. The van der Waals surface area contributed by atoms with Gasteiger partial charge in [-0.25, -0.2) is 4.99 Å². The predicted molar refractivity (Wildman–Crippen MR) is 130 cm³/mol. The number of ether oxygens (including phenoxy) is 1. The zero-order valence-corrected chi connectivity index (χ0v) is 19.6. The number of carbonyl (C=O) groups excluding carboxylic acids is 1. The zero-order chi connectivity index (χ0) is 23.3. The summed E-state index contributed by atoms with van der Waals surface area (Å²) in [5, 5.41) is 1.95. The Bertz CT molecular complexity index is 1640. The normalized spacial score (nSPS) is 16.1. The second kappa shape index (κ2) is 8.01. The Morgan fingerprint density at radius 2 is 1.94 bits per heavy atom. The summed E-state index contributed by atoms with van der Waals surface area (Å²) in [7, 11) is 3.54. The van der Waals surface area contributed by atoms with E-state index in [2.05, 4.69) is 4.99 Å². The molecule has 0 aliphatic carbocycles. The molecule has 6 nitrogen and oxygen atoms in total. The molecule has 0 spiro atoms. The SMILES string of the molecule is COc1ccc2ccccc2c1[C@H]1C(C(C)=O)=C(C)N=c2sc(=Cc3cccn3C)c(=O)n21. The molecule has 166 valence electrons. The van der Waals surface area contributed by atoms with Crippen molar-refractivity contribution in [1.29, 1.82) is 0 Å². The Hall–Kier alpha value is -3.71. The van der Waals surface area contributed by atoms with Crippen LogP contribution in [0.25, 0.3) is 16.8 Å². The molecule has 7 heteroatoms. The first kappa shape index (κ1) is 21.2. The van der Waals surface area contributed by atoms with Gasteiger partial charge in [0.25, 0.3) is 5.56 Å². The van der Waals surface area contributed by atoms with Crippen molar-refractivity contribution in [1.82, 2.24) is 9.13 Å². The maximum absolute atomic E-state index is 13.7. The van der Waals surface area contributed by atoms with Crippen molar-refractivity contribution in [2.24, 2.45) is 12.0 Å². The van der Waals surface area contributed by atoms with E-state index in [0.29, 0.717) is 26.4 Å². The monoisotopic (exact) mass is 457 g/mol. The number of ketones is 1. The summed E-state index contributed by atoms with van der Waals surface area (Å²) in [6, 6.07) is 15.1. The molecule has 33 heavy (non-hydrogen) atoms. The molecular formula is C26H23N3O3S. The summed E-state index contributed by atoms with van der Waals surface area (Å²) < 4.78 is 9.91. The van der Waals surface area contributed by atoms with E-state index < -0.39 is 6.04 Å². The van der Waals surface area contributed by atoms with Crippen molar-refractivity contribution in [3.63, 3.8) is 0 Å². The highest BCUT2D eigenvalue weighted by atomic mass is 32.1. The molecule has 2 aromatic heterocycles. The molecule has 0 unspecified atom stereocenters. The van der Waals surface area contributed by atoms with Crippen LogP contribution in [0.15, 0.2) is 75.8 Å². The van der Waals surface area contributed by atoms with Gasteiger partial charge >= 0.3 is 0 Å². The maximum Gasteiger partial charge on any atom is 0.271 e. The second-order valence-corrected chi connectivity index (χ2v) is 9.09. The molecule has 0 N–H and O–H groups in total. The standard InChI is InChI=1S/C26H23N3O3S/c1-15-22(16(2)30)24(23-19-10-6-5-8-17(19)11-12-20(23)32-4)29-25(31)21(33-26(29)27-15)14-18-9-7-13-28(18)3/h5-14,24H,1-4H3/t24-/m1/s1. The number of hydrogen-bond acceptors (Lipinski definition) is 5. The number of hydrogen-bond donors (Lipinski definition) is 0. The van der Waals surface area contributed by atoms with Crippen LogP contribution in [0, 0.1) is 0 Å². The van der Waals surface area contributed by atoms with Gasteiger partial charge in [0, 0.05) is 35.8 Å². The van der Waals surface area contributed by atoms with E-state index in [0.717, 1.165) is 22.0 Å². The Labute approximate surface area is 194 Å². The van der Waals surface area contributed by atoms with Crippen LogP contribution >= 0.6 is 11.3 Å². The van der Waals surface area contributed by atoms with Crippen molar-refractivity contribution in [2.45, 2.75) is 19.9 Å². The average molecular weight is 458 g/mol. The van der Waals surface area contributed by atoms with Crippen molar-refractivity contribution in [3.05, 3.63) is 96.9 Å². The van der Waals surface area contributed by atoms with E-state index in [-0.39, 0.29) is 11.3 Å². The number of Topliss-reactive ketones (excluding diaryl/α,β-unsaturated/α-hetero) is 1. The molecule has 3 heterocycles. The number of aryl methyl sites for hydroxylation is 1. The average Bonchev–Trinajstić information content (AvgIpc) is 3.34. The van der Waals surface area contributed by atoms with E-state index in [1.54, 1.807) is 11.7 Å². The molecule has 5 rings (SSSR count). The van der Waals surface area contributed by atoms with Gasteiger partial charge < -0.3 is 9.30 Å². The van der Waals surface area contributed by atoms with Crippen LogP contribution in [0.4, 0.5) is 0 Å². The molecule has 0 saturated carbocycles. The Balaban J connectivity index is 1.89. The lowest BCUT2D eigenvalue weighted by Gasteiger charge is -2.27. The number of nitrogens with zero attached hydrogens (tertiary/aromatic N) is 3. The van der Waals surface area contributed by atoms with Gasteiger partial charge in [0.1, 0.15) is 5.75 Å². The fourth-order valence-corrected chi connectivity index (χ4v) is 5.57. The zero-order valence-electron chi connectivity index (χ0n) is 18.8. The number of methoxy groups -OCH3 is 1. The lowest BCUT2D eigenvalue weighted by molar-refractivity contribution is -0.114. The van der Waals surface area contributed by atoms with Crippen LogP contribution in [0.3, 0.4) is 0 Å². The Morgan fingerprint density at radius 3 is 2.64 bits per heavy atom. The number of allylic oxidation sites excluding steroid dienone is 2. The summed E-state index contributed by atoms with van der Waals surface area (Å²) in [4.78, 5) is 31.9. The van der Waals surface area contributed by atoms with Gasteiger partial charge in [-0.1, -0.05) is 41.7 Å². The molecule has 1 aliphatic heterocycles. The minimum atomic E-state index is -0.629. The highest BCUT2D eigenvalue weighted by Gasteiger charge is 2.33. The summed E-state index contributed by atoms with van der Waals surface area (Å²) in [6.45, 7) is 3.36. The first-order chi connectivity index (χ1) is 15.9. The highest BCUT2D eigenvalue weighted by molar-refractivity contribution is 7.07. The van der Waals surface area contributed by atoms with Gasteiger partial charge in [-0.2, -0.15) is 0 Å². The number of carbonyl (C=O) groups is 1. The van der Waals surface area contributed by atoms with Gasteiger partial charge in [-0.3, -0.25) is 14.2 Å². The first-order valence-corrected chi connectivity index (χ1v) is 11.4. The topological polar surface area (TPSA) is 65.6 Å². The summed E-state index contributed by atoms with van der Waals surface area (Å²) in [5.74, 6) is 0.511. The Morgan fingerprint density at radius 1 is 1.15 bits per heavy atom. The van der Waals surface area contributed by atoms with Gasteiger partial charge in [0.15, 0.2) is 10.6 Å². The third kappa shape index (κ3) is 3.36. The van der Waals surface area contributed by atoms with Crippen molar-refractivity contribution < 1.29 is 9.53 Å². The predicted octanol–water partition coefficient (Wildman–Crippen LogP) is 3.32. The molecule has 1 atom stereocenters. The third-order valence-corrected chi connectivity index (χ3v) is 7.07. The van der Waals surface area contributed by atoms with Crippen LogP contribution in [0.1, 0.15) is 31.1 Å². The molecule has 0 amide bonds. The minimum absolute atomic E-state index is 0.118. The van der Waals surface area contributed by atoms with Gasteiger partial charge in [-0.15, -0.1) is 0 Å². The lowest BCUT2D eigenvalue weighted by atomic mass is 9.89. The fraction of sp³-hybridized carbons (Fsp3) is 0.192. The molecular weight excluding hydrogens is 434 g/mol. The summed E-state index contributed by atoms with van der Waals surface area (Å²) in [5.41, 5.74) is 2.66. The molecule has 4 aromatic rings.